The van der Waals surface area contributed by atoms with Crippen molar-refractivity contribution in [1.82, 2.24) is 0 Å². The summed E-state index contributed by atoms with van der Waals surface area (Å²) in [5, 5.41) is 9.96. The minimum Gasteiger partial charge on any atom is -0.508 e. The molecule has 88 valence electrons. The number of anilines is 1. The first-order valence-corrected chi connectivity index (χ1v) is 5.67. The second kappa shape index (κ2) is 4.13. The molecule has 0 aliphatic rings. The smallest absolute Gasteiger partial charge is 0.119 e. The van der Waals surface area contributed by atoms with E-state index < -0.39 is 0 Å². The lowest BCUT2D eigenvalue weighted by Crippen LogP contribution is -2.20. The predicted molar refractivity (Wildman–Crippen MR) is 71.1 cm³/mol. The van der Waals surface area contributed by atoms with Crippen LogP contribution in [0, 0.1) is 0 Å². The van der Waals surface area contributed by atoms with Gasteiger partial charge in [0.2, 0.25) is 0 Å². The number of rotatable bonds is 2. The number of nitrogen functional groups attached to an aromatic ring is 1. The number of phenolic OH excluding ortho intramolecular Hbond substituents is 1. The second-order valence-electron chi connectivity index (χ2n) is 4.73. The van der Waals surface area contributed by atoms with Gasteiger partial charge in [-0.3, -0.25) is 0 Å². The van der Waals surface area contributed by atoms with Crippen molar-refractivity contribution in [1.29, 1.82) is 0 Å². The topological polar surface area (TPSA) is 46.2 Å². The third kappa shape index (κ3) is 1.98. The quantitative estimate of drug-likeness (QED) is 0.773. The summed E-state index contributed by atoms with van der Waals surface area (Å²) < 4.78 is 0. The third-order valence-electron chi connectivity index (χ3n) is 3.21. The molecule has 0 saturated heterocycles. The summed E-state index contributed by atoms with van der Waals surface area (Å²) >= 11 is 0. The van der Waals surface area contributed by atoms with Gasteiger partial charge in [0.1, 0.15) is 5.75 Å². The first-order chi connectivity index (χ1) is 8.03. The molecule has 0 bridgehead atoms. The van der Waals surface area contributed by atoms with E-state index in [2.05, 4.69) is 13.8 Å². The summed E-state index contributed by atoms with van der Waals surface area (Å²) in [6.07, 6.45) is 0. The van der Waals surface area contributed by atoms with Crippen molar-refractivity contribution < 1.29 is 5.11 Å². The van der Waals surface area contributed by atoms with Gasteiger partial charge in [-0.05, 0) is 17.7 Å². The molecule has 3 N–H and O–H groups in total. The molecule has 0 radical (unpaired) electrons. The lowest BCUT2D eigenvalue weighted by Gasteiger charge is -2.28. The predicted octanol–water partition coefficient (Wildman–Crippen LogP) is 3.30. The van der Waals surface area contributed by atoms with E-state index in [1.54, 1.807) is 6.07 Å². The van der Waals surface area contributed by atoms with Crippen molar-refractivity contribution in [3.63, 3.8) is 0 Å². The number of benzene rings is 2. The van der Waals surface area contributed by atoms with Crippen LogP contribution in [0.1, 0.15) is 25.0 Å². The highest BCUT2D eigenvalue weighted by molar-refractivity contribution is 5.56. The maximum atomic E-state index is 9.96. The van der Waals surface area contributed by atoms with Crippen molar-refractivity contribution >= 4 is 5.69 Å². The SMILES string of the molecule is CC(C)(c1ccccc1N)c1ccccc1O. The molecule has 0 unspecified atom stereocenters. The summed E-state index contributed by atoms with van der Waals surface area (Å²) in [5.41, 5.74) is 8.37. The van der Waals surface area contributed by atoms with E-state index >= 15 is 0 Å². The molecule has 0 heterocycles. The van der Waals surface area contributed by atoms with Crippen molar-refractivity contribution in [2.24, 2.45) is 0 Å². The summed E-state index contributed by atoms with van der Waals surface area (Å²) in [7, 11) is 0. The Morgan fingerprint density at radius 3 is 2.00 bits per heavy atom. The van der Waals surface area contributed by atoms with Crippen LogP contribution in [0.15, 0.2) is 48.5 Å². The van der Waals surface area contributed by atoms with Crippen molar-refractivity contribution in [2.75, 3.05) is 5.73 Å². The molecule has 0 saturated carbocycles. The van der Waals surface area contributed by atoms with Gasteiger partial charge in [-0.15, -0.1) is 0 Å². The van der Waals surface area contributed by atoms with Crippen molar-refractivity contribution in [2.45, 2.75) is 19.3 Å². The van der Waals surface area contributed by atoms with E-state index in [0.29, 0.717) is 5.75 Å². The maximum Gasteiger partial charge on any atom is 0.119 e. The molecule has 2 aromatic rings. The lowest BCUT2D eigenvalue weighted by atomic mass is 9.77. The molecule has 2 nitrogen and oxygen atoms in total. The van der Waals surface area contributed by atoms with Crippen LogP contribution < -0.4 is 5.73 Å². The molecule has 2 heteroatoms. The monoisotopic (exact) mass is 227 g/mol. The number of nitrogens with two attached hydrogens (primary N) is 1. The van der Waals surface area contributed by atoms with E-state index in [0.717, 1.165) is 16.8 Å². The average Bonchev–Trinajstić information content (AvgIpc) is 2.29. The zero-order valence-electron chi connectivity index (χ0n) is 10.1. The van der Waals surface area contributed by atoms with Gasteiger partial charge in [0.25, 0.3) is 0 Å². The van der Waals surface area contributed by atoms with Crippen LogP contribution in [0.4, 0.5) is 5.69 Å². The normalized spacial score (nSPS) is 11.4. The minimum atomic E-state index is -0.309. The van der Waals surface area contributed by atoms with Gasteiger partial charge < -0.3 is 10.8 Å². The van der Waals surface area contributed by atoms with Gasteiger partial charge in [0, 0.05) is 16.7 Å². The van der Waals surface area contributed by atoms with E-state index in [4.69, 9.17) is 5.73 Å². The van der Waals surface area contributed by atoms with Crippen LogP contribution in [-0.4, -0.2) is 5.11 Å². The molecule has 0 aliphatic carbocycles. The zero-order chi connectivity index (χ0) is 12.5. The molecule has 0 aromatic heterocycles. The Morgan fingerprint density at radius 2 is 1.41 bits per heavy atom. The van der Waals surface area contributed by atoms with Gasteiger partial charge in [0.15, 0.2) is 0 Å². The molecule has 0 spiro atoms. The number of hydrogen-bond acceptors (Lipinski definition) is 2. The molecule has 0 atom stereocenters. The maximum absolute atomic E-state index is 9.96. The largest absolute Gasteiger partial charge is 0.508 e. The summed E-state index contributed by atoms with van der Waals surface area (Å²) in [6, 6.07) is 15.2. The number of para-hydroxylation sites is 2. The Morgan fingerprint density at radius 1 is 0.882 bits per heavy atom. The summed E-state index contributed by atoms with van der Waals surface area (Å²) in [5.74, 6) is 0.306. The first kappa shape index (κ1) is 11.5. The Kier molecular flexibility index (Phi) is 2.80. The molecule has 2 aromatic carbocycles. The van der Waals surface area contributed by atoms with E-state index in [1.165, 1.54) is 0 Å². The zero-order valence-corrected chi connectivity index (χ0v) is 10.1. The standard InChI is InChI=1S/C15H17NO/c1-15(2,11-7-3-5-9-13(11)16)12-8-4-6-10-14(12)17/h3-10,17H,16H2,1-2H3. The van der Waals surface area contributed by atoms with Gasteiger partial charge in [-0.25, -0.2) is 0 Å². The summed E-state index contributed by atoms with van der Waals surface area (Å²) in [6.45, 7) is 4.13. The van der Waals surface area contributed by atoms with Crippen LogP contribution in [-0.2, 0) is 5.41 Å². The van der Waals surface area contributed by atoms with Crippen LogP contribution in [0.25, 0.3) is 0 Å². The van der Waals surface area contributed by atoms with Gasteiger partial charge >= 0.3 is 0 Å². The Hall–Kier alpha value is -1.96. The molecular formula is C15H17NO. The highest BCUT2D eigenvalue weighted by atomic mass is 16.3. The third-order valence-corrected chi connectivity index (χ3v) is 3.21. The van der Waals surface area contributed by atoms with Crippen LogP contribution in [0.3, 0.4) is 0 Å². The highest BCUT2D eigenvalue weighted by Gasteiger charge is 2.27. The molecule has 17 heavy (non-hydrogen) atoms. The first-order valence-electron chi connectivity index (χ1n) is 5.67. The Labute approximate surface area is 102 Å². The minimum absolute atomic E-state index is 0.306. The molecule has 0 amide bonds. The lowest BCUT2D eigenvalue weighted by molar-refractivity contribution is 0.453. The van der Waals surface area contributed by atoms with Crippen molar-refractivity contribution in [3.8, 4) is 5.75 Å². The average molecular weight is 227 g/mol. The fourth-order valence-electron chi connectivity index (χ4n) is 2.21. The fourth-order valence-corrected chi connectivity index (χ4v) is 2.21. The fraction of sp³-hybridized carbons (Fsp3) is 0.200. The van der Waals surface area contributed by atoms with E-state index in [1.807, 2.05) is 42.5 Å². The molecular weight excluding hydrogens is 210 g/mol. The number of phenols is 1. The number of hydrogen-bond donors (Lipinski definition) is 2. The van der Waals surface area contributed by atoms with Gasteiger partial charge in [-0.1, -0.05) is 50.2 Å². The number of aromatic hydroxyl groups is 1. The molecule has 0 fully saturated rings. The van der Waals surface area contributed by atoms with Gasteiger partial charge in [0.05, 0.1) is 0 Å². The Bertz CT molecular complexity index is 484. The van der Waals surface area contributed by atoms with Crippen LogP contribution in [0.2, 0.25) is 0 Å². The molecule has 0 aliphatic heterocycles. The van der Waals surface area contributed by atoms with E-state index in [9.17, 15) is 5.11 Å². The molecule has 2 rings (SSSR count). The van der Waals surface area contributed by atoms with Gasteiger partial charge in [-0.2, -0.15) is 0 Å². The Balaban J connectivity index is 2.58. The van der Waals surface area contributed by atoms with E-state index in [-0.39, 0.29) is 5.41 Å². The van der Waals surface area contributed by atoms with Crippen LogP contribution in [0.5, 0.6) is 5.75 Å². The van der Waals surface area contributed by atoms with Crippen LogP contribution >= 0.6 is 0 Å². The second-order valence-corrected chi connectivity index (χ2v) is 4.73. The highest BCUT2D eigenvalue weighted by Crippen LogP contribution is 2.38. The summed E-state index contributed by atoms with van der Waals surface area (Å²) in [4.78, 5) is 0. The van der Waals surface area contributed by atoms with Crippen molar-refractivity contribution in [3.05, 3.63) is 59.7 Å².